The third-order valence-electron chi connectivity index (χ3n) is 3.01. The van der Waals surface area contributed by atoms with Crippen molar-refractivity contribution in [3.8, 4) is 5.75 Å². The Kier molecular flexibility index (Phi) is 5.07. The average molecular weight is 365 g/mol. The number of ether oxygens (including phenoxy) is 1. The van der Waals surface area contributed by atoms with Crippen LogP contribution in [-0.4, -0.2) is 22.7 Å². The number of benzene rings is 1. The molecule has 0 atom stereocenters. The SMILES string of the molecule is CCOC(=O)c1c(OSC(F)(F)F)c2cc(F)ccc2n(C)c1=O. The third kappa shape index (κ3) is 3.64. The highest BCUT2D eigenvalue weighted by atomic mass is 32.2. The van der Waals surface area contributed by atoms with Gasteiger partial charge < -0.3 is 13.5 Å². The predicted octanol–water partition coefficient (Wildman–Crippen LogP) is 3.40. The molecule has 0 spiro atoms. The smallest absolute Gasteiger partial charge is 0.462 e. The lowest BCUT2D eigenvalue weighted by molar-refractivity contribution is -0.0370. The first-order valence-electron chi connectivity index (χ1n) is 6.57. The number of carbonyl (C=O) groups is 1. The van der Waals surface area contributed by atoms with E-state index in [1.54, 1.807) is 0 Å². The molecule has 0 N–H and O–H groups in total. The number of alkyl halides is 3. The topological polar surface area (TPSA) is 57.5 Å². The molecule has 2 aromatic rings. The van der Waals surface area contributed by atoms with E-state index in [4.69, 9.17) is 4.74 Å². The Balaban J connectivity index is 2.78. The lowest BCUT2D eigenvalue weighted by atomic mass is 10.1. The summed E-state index contributed by atoms with van der Waals surface area (Å²) in [7, 11) is 1.30. The van der Waals surface area contributed by atoms with Gasteiger partial charge >= 0.3 is 11.5 Å². The summed E-state index contributed by atoms with van der Waals surface area (Å²) in [6.45, 7) is 1.36. The highest BCUT2D eigenvalue weighted by Crippen LogP contribution is 2.37. The second-order valence-corrected chi connectivity index (χ2v) is 5.36. The fourth-order valence-corrected chi connectivity index (χ4v) is 2.40. The van der Waals surface area contributed by atoms with Crippen molar-refractivity contribution in [2.75, 3.05) is 6.61 Å². The van der Waals surface area contributed by atoms with E-state index >= 15 is 0 Å². The summed E-state index contributed by atoms with van der Waals surface area (Å²) in [6, 6.07) is 3.11. The van der Waals surface area contributed by atoms with Crippen LogP contribution in [0.2, 0.25) is 0 Å². The molecule has 0 bridgehead atoms. The molecule has 1 aromatic heterocycles. The van der Waals surface area contributed by atoms with Gasteiger partial charge in [0.15, 0.2) is 23.4 Å². The first-order chi connectivity index (χ1) is 11.2. The zero-order chi connectivity index (χ0) is 18.1. The first kappa shape index (κ1) is 18.1. The van der Waals surface area contributed by atoms with Crippen molar-refractivity contribution in [2.45, 2.75) is 12.4 Å². The van der Waals surface area contributed by atoms with Crippen molar-refractivity contribution in [1.29, 1.82) is 0 Å². The van der Waals surface area contributed by atoms with Gasteiger partial charge in [-0.1, -0.05) is 0 Å². The van der Waals surface area contributed by atoms with Crippen molar-refractivity contribution < 1.29 is 31.3 Å². The minimum atomic E-state index is -4.79. The van der Waals surface area contributed by atoms with Gasteiger partial charge in [-0.3, -0.25) is 4.79 Å². The number of nitrogens with zero attached hydrogens (tertiary/aromatic N) is 1. The molecule has 0 aliphatic rings. The Morgan fingerprint density at radius 3 is 2.58 bits per heavy atom. The number of aryl methyl sites for hydroxylation is 1. The molecule has 1 heterocycles. The molecular weight excluding hydrogens is 354 g/mol. The quantitative estimate of drug-likeness (QED) is 0.472. The summed E-state index contributed by atoms with van der Waals surface area (Å²) in [4.78, 5) is 24.3. The van der Waals surface area contributed by atoms with Gasteiger partial charge in [0.1, 0.15) is 5.82 Å². The molecule has 5 nitrogen and oxygen atoms in total. The zero-order valence-electron chi connectivity index (χ0n) is 12.4. The largest absolute Gasteiger partial charge is 0.479 e. The summed E-state index contributed by atoms with van der Waals surface area (Å²) in [6.07, 6.45) is 0. The van der Waals surface area contributed by atoms with Gasteiger partial charge in [-0.25, -0.2) is 9.18 Å². The number of fused-ring (bicyclic) bond motifs is 1. The summed E-state index contributed by atoms with van der Waals surface area (Å²) in [5, 5.41) is -0.156. The number of rotatable bonds is 4. The number of halogens is 4. The van der Waals surface area contributed by atoms with Crippen molar-refractivity contribution >= 4 is 28.9 Å². The second kappa shape index (κ2) is 6.71. The van der Waals surface area contributed by atoms with E-state index in [0.717, 1.165) is 16.7 Å². The average Bonchev–Trinajstić information content (AvgIpc) is 2.48. The summed E-state index contributed by atoms with van der Waals surface area (Å²) in [5.41, 5.74) is -6.32. The van der Waals surface area contributed by atoms with Crippen molar-refractivity contribution in [3.05, 3.63) is 39.9 Å². The minimum Gasteiger partial charge on any atom is -0.462 e. The maximum atomic E-state index is 13.5. The zero-order valence-corrected chi connectivity index (χ0v) is 13.3. The van der Waals surface area contributed by atoms with Gasteiger partial charge in [0.25, 0.3) is 5.56 Å². The molecule has 0 amide bonds. The molecule has 0 fully saturated rings. The highest BCUT2D eigenvalue weighted by molar-refractivity contribution is 7.95. The lowest BCUT2D eigenvalue weighted by Gasteiger charge is -2.15. The summed E-state index contributed by atoms with van der Waals surface area (Å²) < 4.78 is 61.1. The van der Waals surface area contributed by atoms with Crippen molar-refractivity contribution in [3.63, 3.8) is 0 Å². The molecule has 10 heteroatoms. The summed E-state index contributed by atoms with van der Waals surface area (Å²) in [5.74, 6) is -2.60. The van der Waals surface area contributed by atoms with Crippen LogP contribution in [0.4, 0.5) is 17.6 Å². The second-order valence-electron chi connectivity index (χ2n) is 4.56. The minimum absolute atomic E-state index is 0.102. The van der Waals surface area contributed by atoms with Crippen LogP contribution < -0.4 is 9.74 Å². The number of hydrogen-bond donors (Lipinski definition) is 0. The van der Waals surface area contributed by atoms with Gasteiger partial charge in [0.05, 0.1) is 12.1 Å². The van der Waals surface area contributed by atoms with Crippen LogP contribution >= 0.6 is 12.0 Å². The maximum absolute atomic E-state index is 13.5. The normalized spacial score (nSPS) is 11.6. The molecule has 1 aromatic carbocycles. The van der Waals surface area contributed by atoms with Gasteiger partial charge in [0.2, 0.25) is 0 Å². The molecule has 0 unspecified atom stereocenters. The molecule has 0 saturated carbocycles. The summed E-state index contributed by atoms with van der Waals surface area (Å²) >= 11 is -0.907. The Hall–Kier alpha value is -2.23. The van der Waals surface area contributed by atoms with Gasteiger partial charge in [-0.05, 0) is 25.1 Å². The van der Waals surface area contributed by atoms with E-state index in [2.05, 4.69) is 4.18 Å². The molecule has 0 saturated heterocycles. The Bertz CT molecular complexity index is 847. The van der Waals surface area contributed by atoms with Crippen LogP contribution in [0.5, 0.6) is 5.75 Å². The van der Waals surface area contributed by atoms with Gasteiger partial charge in [-0.2, -0.15) is 13.2 Å². The van der Waals surface area contributed by atoms with E-state index in [9.17, 15) is 27.2 Å². The van der Waals surface area contributed by atoms with Crippen molar-refractivity contribution in [1.82, 2.24) is 4.57 Å². The van der Waals surface area contributed by atoms with Crippen LogP contribution in [-0.2, 0) is 11.8 Å². The standard InChI is InChI=1S/C14H11F4NO4S/c1-3-22-13(21)10-11(23-24-14(16,17)18)8-6-7(15)4-5-9(8)19(2)12(10)20/h4-6H,3H2,1-2H3. The molecule has 0 radical (unpaired) electrons. The Morgan fingerprint density at radius 1 is 1.33 bits per heavy atom. The monoisotopic (exact) mass is 365 g/mol. The van der Waals surface area contributed by atoms with E-state index in [1.807, 2.05) is 0 Å². The Labute approximate surface area is 137 Å². The van der Waals surface area contributed by atoms with Crippen LogP contribution in [0.15, 0.2) is 23.0 Å². The van der Waals surface area contributed by atoms with E-state index < -0.39 is 46.2 Å². The highest BCUT2D eigenvalue weighted by Gasteiger charge is 2.34. The molecule has 2 rings (SSSR count). The van der Waals surface area contributed by atoms with E-state index in [0.29, 0.717) is 0 Å². The number of carbonyl (C=O) groups excluding carboxylic acids is 1. The van der Waals surface area contributed by atoms with Crippen LogP contribution in [0.1, 0.15) is 17.3 Å². The number of pyridine rings is 1. The van der Waals surface area contributed by atoms with E-state index in [-0.39, 0.29) is 17.5 Å². The fourth-order valence-electron chi connectivity index (χ4n) is 2.05. The fraction of sp³-hybridized carbons (Fsp3) is 0.286. The first-order valence-corrected chi connectivity index (χ1v) is 7.31. The van der Waals surface area contributed by atoms with Crippen molar-refractivity contribution in [2.24, 2.45) is 7.05 Å². The number of aromatic nitrogens is 1. The van der Waals surface area contributed by atoms with Gasteiger partial charge in [0, 0.05) is 12.4 Å². The molecule has 0 aliphatic heterocycles. The van der Waals surface area contributed by atoms with E-state index in [1.165, 1.54) is 20.0 Å². The van der Waals surface area contributed by atoms with Gasteiger partial charge in [-0.15, -0.1) is 0 Å². The lowest BCUT2D eigenvalue weighted by Crippen LogP contribution is -2.27. The van der Waals surface area contributed by atoms with Crippen LogP contribution in [0.3, 0.4) is 0 Å². The maximum Gasteiger partial charge on any atom is 0.479 e. The number of esters is 1. The third-order valence-corrected chi connectivity index (χ3v) is 3.45. The number of hydrogen-bond acceptors (Lipinski definition) is 5. The Morgan fingerprint density at radius 2 is 2.00 bits per heavy atom. The molecule has 0 aliphatic carbocycles. The predicted molar refractivity (Wildman–Crippen MR) is 79.4 cm³/mol. The molecular formula is C14H11F4NO4S. The molecule has 24 heavy (non-hydrogen) atoms. The van der Waals surface area contributed by atoms with Crippen LogP contribution in [0, 0.1) is 5.82 Å². The van der Waals surface area contributed by atoms with Crippen LogP contribution in [0.25, 0.3) is 10.9 Å². The molecule has 130 valence electrons.